The van der Waals surface area contributed by atoms with E-state index in [9.17, 15) is 4.79 Å². The Morgan fingerprint density at radius 1 is 0.677 bits per heavy atom. The Morgan fingerprint density at radius 2 is 1.10 bits per heavy atom. The standard InChI is InChI=1S/C28H49NO2/c1-2-3-4-5-6-7-8-9-10-11-12-13-14-15-16-17-18-25-29-27-22-19-26(20-23-27)21-24-28(30)31/h19-20,22-23,29H,2-18,21,24-25H2,1H3,(H,30,31). The maximum Gasteiger partial charge on any atom is 0.303 e. The molecule has 0 fully saturated rings. The Kier molecular flexibility index (Phi) is 18.1. The first kappa shape index (κ1) is 27.5. The van der Waals surface area contributed by atoms with Crippen LogP contribution in [0.5, 0.6) is 0 Å². The number of carboxylic acid groups (broad SMARTS) is 1. The molecule has 1 aromatic rings. The smallest absolute Gasteiger partial charge is 0.303 e. The molecule has 0 bridgehead atoms. The molecule has 0 aromatic heterocycles. The second-order valence-corrected chi connectivity index (χ2v) is 9.17. The first-order chi connectivity index (χ1) is 15.2. The van der Waals surface area contributed by atoms with E-state index in [4.69, 9.17) is 5.11 Å². The van der Waals surface area contributed by atoms with Gasteiger partial charge in [-0.3, -0.25) is 4.79 Å². The van der Waals surface area contributed by atoms with Gasteiger partial charge in [0, 0.05) is 18.7 Å². The summed E-state index contributed by atoms with van der Waals surface area (Å²) in [6.45, 7) is 3.31. The molecule has 0 radical (unpaired) electrons. The van der Waals surface area contributed by atoms with Crippen molar-refractivity contribution >= 4 is 11.7 Å². The lowest BCUT2D eigenvalue weighted by molar-refractivity contribution is -0.136. The fraction of sp³-hybridized carbons (Fsp3) is 0.750. The number of hydrogen-bond acceptors (Lipinski definition) is 2. The Balaban J connectivity index is 1.80. The van der Waals surface area contributed by atoms with Crippen LogP contribution in [-0.4, -0.2) is 17.6 Å². The lowest BCUT2D eigenvalue weighted by Crippen LogP contribution is -2.02. The number of aryl methyl sites for hydroxylation is 1. The summed E-state index contributed by atoms with van der Waals surface area (Å²) in [5.74, 6) is -0.735. The van der Waals surface area contributed by atoms with Crippen LogP contribution in [0.3, 0.4) is 0 Å². The molecule has 0 aliphatic heterocycles. The van der Waals surface area contributed by atoms with Crippen molar-refractivity contribution in [3.05, 3.63) is 29.8 Å². The zero-order chi connectivity index (χ0) is 22.4. The Labute approximate surface area is 192 Å². The van der Waals surface area contributed by atoms with Gasteiger partial charge < -0.3 is 10.4 Å². The minimum absolute atomic E-state index is 0.200. The molecule has 0 atom stereocenters. The van der Waals surface area contributed by atoms with Crippen LogP contribution in [0.25, 0.3) is 0 Å². The molecular formula is C28H49NO2. The van der Waals surface area contributed by atoms with Crippen molar-refractivity contribution in [2.24, 2.45) is 0 Å². The van der Waals surface area contributed by atoms with E-state index in [1.165, 1.54) is 109 Å². The van der Waals surface area contributed by atoms with Crippen molar-refractivity contribution in [3.8, 4) is 0 Å². The number of carbonyl (C=O) groups is 1. The van der Waals surface area contributed by atoms with E-state index in [2.05, 4.69) is 24.4 Å². The van der Waals surface area contributed by atoms with Crippen LogP contribution < -0.4 is 5.32 Å². The van der Waals surface area contributed by atoms with Gasteiger partial charge in [0.25, 0.3) is 0 Å². The van der Waals surface area contributed by atoms with Crippen molar-refractivity contribution < 1.29 is 9.90 Å². The number of rotatable bonds is 22. The van der Waals surface area contributed by atoms with Crippen LogP contribution in [0.4, 0.5) is 5.69 Å². The van der Waals surface area contributed by atoms with Crippen molar-refractivity contribution in [1.29, 1.82) is 0 Å². The summed E-state index contributed by atoms with van der Waals surface area (Å²) < 4.78 is 0. The summed E-state index contributed by atoms with van der Waals surface area (Å²) in [6, 6.07) is 8.18. The van der Waals surface area contributed by atoms with Crippen molar-refractivity contribution in [3.63, 3.8) is 0 Å². The topological polar surface area (TPSA) is 49.3 Å². The van der Waals surface area contributed by atoms with Crippen molar-refractivity contribution in [2.45, 2.75) is 129 Å². The first-order valence-corrected chi connectivity index (χ1v) is 13.3. The van der Waals surface area contributed by atoms with Gasteiger partial charge in [-0.15, -0.1) is 0 Å². The normalized spacial score (nSPS) is 11.0. The highest BCUT2D eigenvalue weighted by Crippen LogP contribution is 2.15. The third-order valence-corrected chi connectivity index (χ3v) is 6.19. The highest BCUT2D eigenvalue weighted by atomic mass is 16.4. The molecule has 0 heterocycles. The summed E-state index contributed by atoms with van der Waals surface area (Å²) in [5.41, 5.74) is 2.22. The zero-order valence-electron chi connectivity index (χ0n) is 20.3. The molecule has 0 spiro atoms. The Morgan fingerprint density at radius 3 is 1.52 bits per heavy atom. The van der Waals surface area contributed by atoms with Gasteiger partial charge >= 0.3 is 5.97 Å². The van der Waals surface area contributed by atoms with E-state index in [0.29, 0.717) is 6.42 Å². The van der Waals surface area contributed by atoms with Crippen LogP contribution >= 0.6 is 0 Å². The van der Waals surface area contributed by atoms with Crippen molar-refractivity contribution in [1.82, 2.24) is 0 Å². The maximum absolute atomic E-state index is 10.6. The fourth-order valence-corrected chi connectivity index (χ4v) is 4.12. The monoisotopic (exact) mass is 431 g/mol. The average molecular weight is 432 g/mol. The van der Waals surface area contributed by atoms with Crippen LogP contribution in [0.1, 0.15) is 128 Å². The second kappa shape index (κ2) is 20.4. The molecule has 0 saturated heterocycles. The molecule has 178 valence electrons. The van der Waals surface area contributed by atoms with Gasteiger partial charge in [0.1, 0.15) is 0 Å². The highest BCUT2D eigenvalue weighted by molar-refractivity contribution is 5.67. The van der Waals surface area contributed by atoms with Gasteiger partial charge in [0.05, 0.1) is 0 Å². The molecule has 0 unspecified atom stereocenters. The third-order valence-electron chi connectivity index (χ3n) is 6.19. The Hall–Kier alpha value is -1.51. The number of anilines is 1. The van der Waals surface area contributed by atoms with Gasteiger partial charge in [-0.1, -0.05) is 122 Å². The number of unbranched alkanes of at least 4 members (excludes halogenated alkanes) is 16. The predicted octanol–water partition coefficient (Wildman–Crippen LogP) is 8.77. The maximum atomic E-state index is 10.6. The summed E-state index contributed by atoms with van der Waals surface area (Å²) in [4.78, 5) is 10.6. The van der Waals surface area contributed by atoms with Crippen LogP contribution in [0, 0.1) is 0 Å². The molecule has 0 saturated carbocycles. The van der Waals surface area contributed by atoms with E-state index in [1.807, 2.05) is 12.1 Å². The number of hydrogen-bond donors (Lipinski definition) is 2. The number of carboxylic acids is 1. The van der Waals surface area contributed by atoms with E-state index >= 15 is 0 Å². The molecule has 1 aromatic carbocycles. The van der Waals surface area contributed by atoms with Crippen molar-refractivity contribution in [2.75, 3.05) is 11.9 Å². The molecule has 0 amide bonds. The number of aliphatic carboxylic acids is 1. The minimum Gasteiger partial charge on any atom is -0.481 e. The molecule has 2 N–H and O–H groups in total. The molecule has 3 nitrogen and oxygen atoms in total. The van der Waals surface area contributed by atoms with Gasteiger partial charge in [0.15, 0.2) is 0 Å². The minimum atomic E-state index is -0.735. The van der Waals surface area contributed by atoms with Gasteiger partial charge in [-0.2, -0.15) is 0 Å². The lowest BCUT2D eigenvalue weighted by Gasteiger charge is -2.07. The van der Waals surface area contributed by atoms with Gasteiger partial charge in [0.2, 0.25) is 0 Å². The SMILES string of the molecule is CCCCCCCCCCCCCCCCCCCNc1ccc(CCC(=O)O)cc1. The first-order valence-electron chi connectivity index (χ1n) is 13.3. The third kappa shape index (κ3) is 17.8. The van der Waals surface area contributed by atoms with Crippen LogP contribution in [0.15, 0.2) is 24.3 Å². The molecule has 0 aliphatic carbocycles. The molecule has 3 heteroatoms. The molecule has 31 heavy (non-hydrogen) atoms. The van der Waals surface area contributed by atoms with E-state index in [0.717, 1.165) is 17.8 Å². The largest absolute Gasteiger partial charge is 0.481 e. The van der Waals surface area contributed by atoms with E-state index < -0.39 is 5.97 Å². The summed E-state index contributed by atoms with van der Waals surface area (Å²) in [6.07, 6.45) is 24.7. The van der Waals surface area contributed by atoms with Gasteiger partial charge in [-0.05, 0) is 30.5 Å². The Bertz CT molecular complexity index is 526. The van der Waals surface area contributed by atoms with Gasteiger partial charge in [-0.25, -0.2) is 0 Å². The highest BCUT2D eigenvalue weighted by Gasteiger charge is 2.00. The zero-order valence-corrected chi connectivity index (χ0v) is 20.3. The fourth-order valence-electron chi connectivity index (χ4n) is 4.12. The average Bonchev–Trinajstić information content (AvgIpc) is 2.77. The molecular weight excluding hydrogens is 382 g/mol. The summed E-state index contributed by atoms with van der Waals surface area (Å²) >= 11 is 0. The quantitative estimate of drug-likeness (QED) is 0.180. The number of nitrogens with one attached hydrogen (secondary N) is 1. The van der Waals surface area contributed by atoms with Crippen LogP contribution in [-0.2, 0) is 11.2 Å². The molecule has 0 aliphatic rings. The summed E-state index contributed by atoms with van der Waals surface area (Å²) in [7, 11) is 0. The predicted molar refractivity (Wildman–Crippen MR) is 135 cm³/mol. The molecule has 1 rings (SSSR count). The second-order valence-electron chi connectivity index (χ2n) is 9.17. The summed E-state index contributed by atoms with van der Waals surface area (Å²) in [5, 5.41) is 12.2. The van der Waals surface area contributed by atoms with Crippen LogP contribution in [0.2, 0.25) is 0 Å². The lowest BCUT2D eigenvalue weighted by atomic mass is 10.0. The van der Waals surface area contributed by atoms with E-state index in [-0.39, 0.29) is 6.42 Å². The van der Waals surface area contributed by atoms with E-state index in [1.54, 1.807) is 0 Å². The number of benzene rings is 1.